The molecule has 0 aromatic rings. The number of likely N-dealkylation sites (tertiary alicyclic amines) is 1. The second kappa shape index (κ2) is 5.95. The van der Waals surface area contributed by atoms with E-state index in [1.807, 2.05) is 4.90 Å². The van der Waals surface area contributed by atoms with Gasteiger partial charge in [0.1, 0.15) is 0 Å². The Labute approximate surface area is 126 Å². The Morgan fingerprint density at radius 2 is 1.71 bits per heavy atom. The van der Waals surface area contributed by atoms with Crippen LogP contribution in [0, 0.1) is 5.92 Å². The van der Waals surface area contributed by atoms with Crippen LogP contribution in [-0.2, 0) is 9.59 Å². The topological polar surface area (TPSA) is 75.4 Å². The first-order valence-electron chi connectivity index (χ1n) is 8.43. The van der Waals surface area contributed by atoms with E-state index in [0.29, 0.717) is 6.42 Å². The maximum atomic E-state index is 12.4. The van der Waals surface area contributed by atoms with Crippen molar-refractivity contribution in [1.82, 2.24) is 10.2 Å². The summed E-state index contributed by atoms with van der Waals surface area (Å²) in [6.45, 7) is 1.51. The Hall–Kier alpha value is -1.10. The second-order valence-electron chi connectivity index (χ2n) is 7.18. The number of hydrogen-bond donors (Lipinski definition) is 2. The molecule has 118 valence electrons. The van der Waals surface area contributed by atoms with Crippen LogP contribution >= 0.6 is 0 Å². The van der Waals surface area contributed by atoms with Crippen molar-refractivity contribution < 1.29 is 9.59 Å². The summed E-state index contributed by atoms with van der Waals surface area (Å²) in [6.07, 6.45) is 8.59. The molecule has 2 amide bonds. The monoisotopic (exact) mass is 293 g/mol. The van der Waals surface area contributed by atoms with Gasteiger partial charge in [0.05, 0.1) is 0 Å². The molecule has 5 heteroatoms. The summed E-state index contributed by atoms with van der Waals surface area (Å²) in [6, 6.07) is 0.250. The maximum Gasteiger partial charge on any atom is 0.224 e. The van der Waals surface area contributed by atoms with Gasteiger partial charge in [0, 0.05) is 37.0 Å². The lowest BCUT2D eigenvalue weighted by Crippen LogP contribution is -2.49. The Bertz CT molecular complexity index is 406. The molecule has 3 fully saturated rings. The summed E-state index contributed by atoms with van der Waals surface area (Å²) in [5.74, 6) is 0.683. The fraction of sp³-hybridized carbons (Fsp3) is 0.875. The van der Waals surface area contributed by atoms with Crippen LogP contribution in [0.15, 0.2) is 0 Å². The lowest BCUT2D eigenvalue weighted by Gasteiger charge is -2.34. The number of piperidine rings is 1. The minimum absolute atomic E-state index is 0.200. The third-order valence-electron chi connectivity index (χ3n) is 5.24. The molecule has 3 rings (SSSR count). The summed E-state index contributed by atoms with van der Waals surface area (Å²) < 4.78 is 0. The van der Waals surface area contributed by atoms with Crippen LogP contribution in [0.25, 0.3) is 0 Å². The summed E-state index contributed by atoms with van der Waals surface area (Å²) in [5.41, 5.74) is 6.04. The first kappa shape index (κ1) is 14.8. The molecule has 0 aromatic carbocycles. The fourth-order valence-corrected chi connectivity index (χ4v) is 3.61. The zero-order valence-corrected chi connectivity index (χ0v) is 12.8. The molecule has 2 aliphatic carbocycles. The van der Waals surface area contributed by atoms with E-state index in [4.69, 9.17) is 5.73 Å². The van der Waals surface area contributed by atoms with Crippen molar-refractivity contribution in [2.24, 2.45) is 11.7 Å². The van der Waals surface area contributed by atoms with Gasteiger partial charge >= 0.3 is 0 Å². The molecule has 0 spiro atoms. The number of rotatable bonds is 4. The third-order valence-corrected chi connectivity index (χ3v) is 5.24. The molecule has 3 aliphatic rings. The smallest absolute Gasteiger partial charge is 0.224 e. The van der Waals surface area contributed by atoms with Gasteiger partial charge in [-0.05, 0) is 38.5 Å². The minimum Gasteiger partial charge on any atom is -0.353 e. The molecular weight excluding hydrogens is 266 g/mol. The van der Waals surface area contributed by atoms with Crippen LogP contribution in [0.4, 0.5) is 0 Å². The summed E-state index contributed by atoms with van der Waals surface area (Å²) in [4.78, 5) is 26.1. The number of amides is 2. The Morgan fingerprint density at radius 3 is 2.29 bits per heavy atom. The molecule has 0 aromatic heterocycles. The van der Waals surface area contributed by atoms with Crippen molar-refractivity contribution in [3.05, 3.63) is 0 Å². The van der Waals surface area contributed by atoms with Gasteiger partial charge in [-0.2, -0.15) is 0 Å². The molecule has 1 heterocycles. The van der Waals surface area contributed by atoms with Crippen LogP contribution in [0.5, 0.6) is 0 Å². The standard InChI is InChI=1S/C16H27N3O2/c17-16(7-1-2-8-16)11-14(20)19-9-5-13(6-10-19)18-15(21)12-3-4-12/h12-13H,1-11,17H2,(H,18,21). The number of nitrogens with two attached hydrogens (primary N) is 1. The van der Waals surface area contributed by atoms with E-state index >= 15 is 0 Å². The predicted octanol–water partition coefficient (Wildman–Crippen LogP) is 1.17. The van der Waals surface area contributed by atoms with E-state index in [2.05, 4.69) is 5.32 Å². The SMILES string of the molecule is NC1(CC(=O)N2CCC(NC(=O)C3CC3)CC2)CCCC1. The molecule has 0 bridgehead atoms. The van der Waals surface area contributed by atoms with Crippen LogP contribution in [0.3, 0.4) is 0 Å². The average molecular weight is 293 g/mol. The Balaban J connectivity index is 1.42. The maximum absolute atomic E-state index is 12.4. The highest BCUT2D eigenvalue weighted by Crippen LogP contribution is 2.31. The van der Waals surface area contributed by atoms with Crippen LogP contribution in [-0.4, -0.2) is 41.4 Å². The van der Waals surface area contributed by atoms with Crippen LogP contribution < -0.4 is 11.1 Å². The first-order chi connectivity index (χ1) is 10.1. The highest BCUT2D eigenvalue weighted by Gasteiger charge is 2.35. The van der Waals surface area contributed by atoms with Crippen molar-refractivity contribution in [2.75, 3.05) is 13.1 Å². The molecule has 1 aliphatic heterocycles. The minimum atomic E-state index is -0.256. The van der Waals surface area contributed by atoms with E-state index in [9.17, 15) is 9.59 Å². The molecule has 0 unspecified atom stereocenters. The zero-order valence-electron chi connectivity index (χ0n) is 12.8. The molecule has 0 radical (unpaired) electrons. The van der Waals surface area contributed by atoms with E-state index in [-0.39, 0.29) is 29.3 Å². The lowest BCUT2D eigenvalue weighted by molar-refractivity contribution is -0.133. The van der Waals surface area contributed by atoms with E-state index in [0.717, 1.165) is 64.5 Å². The molecular formula is C16H27N3O2. The quantitative estimate of drug-likeness (QED) is 0.817. The van der Waals surface area contributed by atoms with Gasteiger partial charge < -0.3 is 16.0 Å². The highest BCUT2D eigenvalue weighted by atomic mass is 16.2. The van der Waals surface area contributed by atoms with Crippen molar-refractivity contribution in [3.63, 3.8) is 0 Å². The zero-order chi connectivity index (χ0) is 14.9. The first-order valence-corrected chi connectivity index (χ1v) is 8.43. The van der Waals surface area contributed by atoms with Crippen molar-refractivity contribution in [2.45, 2.75) is 69.4 Å². The van der Waals surface area contributed by atoms with Gasteiger partial charge in [0.2, 0.25) is 11.8 Å². The van der Waals surface area contributed by atoms with E-state index in [1.165, 1.54) is 0 Å². The van der Waals surface area contributed by atoms with E-state index < -0.39 is 0 Å². The van der Waals surface area contributed by atoms with Crippen molar-refractivity contribution >= 4 is 11.8 Å². The molecule has 2 saturated carbocycles. The fourth-order valence-electron chi connectivity index (χ4n) is 3.61. The van der Waals surface area contributed by atoms with Crippen molar-refractivity contribution in [3.8, 4) is 0 Å². The average Bonchev–Trinajstić information content (AvgIpc) is 3.23. The van der Waals surface area contributed by atoms with E-state index in [1.54, 1.807) is 0 Å². The Morgan fingerprint density at radius 1 is 1.10 bits per heavy atom. The highest BCUT2D eigenvalue weighted by molar-refractivity contribution is 5.81. The van der Waals surface area contributed by atoms with Gasteiger partial charge in [-0.3, -0.25) is 9.59 Å². The van der Waals surface area contributed by atoms with Gasteiger partial charge in [0.15, 0.2) is 0 Å². The molecule has 21 heavy (non-hydrogen) atoms. The summed E-state index contributed by atoms with van der Waals surface area (Å²) in [7, 11) is 0. The normalized spacial score (nSPS) is 25.9. The summed E-state index contributed by atoms with van der Waals surface area (Å²) in [5, 5.41) is 3.12. The Kier molecular flexibility index (Phi) is 4.20. The third kappa shape index (κ3) is 3.76. The molecule has 0 atom stereocenters. The van der Waals surface area contributed by atoms with Crippen LogP contribution in [0.1, 0.15) is 57.8 Å². The number of hydrogen-bond acceptors (Lipinski definition) is 3. The number of carbonyl (C=O) groups is 2. The molecule has 3 N–H and O–H groups in total. The summed E-state index contributed by atoms with van der Waals surface area (Å²) >= 11 is 0. The van der Waals surface area contributed by atoms with Gasteiger partial charge in [0.25, 0.3) is 0 Å². The van der Waals surface area contributed by atoms with Gasteiger partial charge in [-0.25, -0.2) is 0 Å². The van der Waals surface area contributed by atoms with Crippen LogP contribution in [0.2, 0.25) is 0 Å². The van der Waals surface area contributed by atoms with Crippen molar-refractivity contribution in [1.29, 1.82) is 0 Å². The lowest BCUT2D eigenvalue weighted by atomic mass is 9.93. The predicted molar refractivity (Wildman–Crippen MR) is 80.5 cm³/mol. The van der Waals surface area contributed by atoms with Gasteiger partial charge in [-0.15, -0.1) is 0 Å². The van der Waals surface area contributed by atoms with Gasteiger partial charge in [-0.1, -0.05) is 12.8 Å². The number of carbonyl (C=O) groups excluding carboxylic acids is 2. The molecule has 5 nitrogen and oxygen atoms in total. The number of nitrogens with one attached hydrogen (secondary N) is 1. The second-order valence-corrected chi connectivity index (χ2v) is 7.18. The number of nitrogens with zero attached hydrogens (tertiary/aromatic N) is 1. The molecule has 1 saturated heterocycles. The largest absolute Gasteiger partial charge is 0.353 e.